The van der Waals surface area contributed by atoms with Gasteiger partial charge in [0, 0.05) is 18.9 Å². The van der Waals surface area contributed by atoms with Crippen molar-refractivity contribution < 1.29 is 24.2 Å². The molecule has 1 aromatic rings. The van der Waals surface area contributed by atoms with Gasteiger partial charge in [-0.15, -0.1) is 0 Å². The van der Waals surface area contributed by atoms with Crippen molar-refractivity contribution in [3.63, 3.8) is 0 Å². The first-order chi connectivity index (χ1) is 13.7. The van der Waals surface area contributed by atoms with Gasteiger partial charge in [0.05, 0.1) is 12.0 Å². The summed E-state index contributed by atoms with van der Waals surface area (Å²) in [5.41, 5.74) is -0.584. The van der Waals surface area contributed by atoms with Crippen LogP contribution in [0.4, 0.5) is 4.79 Å². The van der Waals surface area contributed by atoms with E-state index in [4.69, 9.17) is 9.47 Å². The molecule has 3 rings (SSSR count). The molecular weight excluding hydrogens is 370 g/mol. The molecule has 160 valence electrons. The third-order valence-corrected chi connectivity index (χ3v) is 5.79. The van der Waals surface area contributed by atoms with Crippen LogP contribution in [0.5, 0.6) is 0 Å². The molecular formula is C23H33NO5. The molecule has 1 aliphatic heterocycles. The summed E-state index contributed by atoms with van der Waals surface area (Å²) in [7, 11) is 0. The molecule has 0 spiro atoms. The van der Waals surface area contributed by atoms with Crippen LogP contribution in [0.15, 0.2) is 30.3 Å². The lowest BCUT2D eigenvalue weighted by Gasteiger charge is -2.42. The van der Waals surface area contributed by atoms with E-state index in [1.807, 2.05) is 51.1 Å². The highest BCUT2D eigenvalue weighted by Gasteiger charge is 2.43. The van der Waals surface area contributed by atoms with Gasteiger partial charge in [0.25, 0.3) is 0 Å². The molecule has 1 N–H and O–H groups in total. The molecule has 2 aliphatic rings. The smallest absolute Gasteiger partial charge is 0.413 e. The van der Waals surface area contributed by atoms with Crippen molar-refractivity contribution in [2.45, 2.75) is 89.1 Å². The van der Waals surface area contributed by atoms with Crippen LogP contribution in [0.1, 0.15) is 77.2 Å². The predicted octanol–water partition coefficient (Wildman–Crippen LogP) is 4.37. The van der Waals surface area contributed by atoms with Crippen LogP contribution < -0.4 is 0 Å². The first kappa shape index (κ1) is 21.6. The average Bonchev–Trinajstić information content (AvgIpc) is 3.08. The zero-order chi connectivity index (χ0) is 21.1. The fraction of sp³-hybridized carbons (Fsp3) is 0.652. The second-order valence-corrected chi connectivity index (χ2v) is 9.24. The Morgan fingerprint density at radius 3 is 2.45 bits per heavy atom. The Morgan fingerprint density at radius 2 is 1.90 bits per heavy atom. The van der Waals surface area contributed by atoms with Crippen LogP contribution in [0.2, 0.25) is 0 Å². The summed E-state index contributed by atoms with van der Waals surface area (Å²) < 4.78 is 11.0. The van der Waals surface area contributed by atoms with Gasteiger partial charge >= 0.3 is 12.1 Å². The van der Waals surface area contributed by atoms with E-state index in [0.29, 0.717) is 19.3 Å². The second kappa shape index (κ2) is 8.74. The SMILES string of the molecule is CC(C)(C)OC(=O)N(C[C@H](c1ccccc1)C1(O)CCCCC1)[C@@H]1CCC(=O)O1. The van der Waals surface area contributed by atoms with E-state index >= 15 is 0 Å². The van der Waals surface area contributed by atoms with Gasteiger partial charge in [-0.1, -0.05) is 49.6 Å². The number of carbonyl (C=O) groups excluding carboxylic acids is 2. The predicted molar refractivity (Wildman–Crippen MR) is 109 cm³/mol. The van der Waals surface area contributed by atoms with Gasteiger partial charge in [0.15, 0.2) is 6.23 Å². The summed E-state index contributed by atoms with van der Waals surface area (Å²) in [6.07, 6.45) is 3.98. The molecule has 0 unspecified atom stereocenters. The molecule has 1 saturated carbocycles. The van der Waals surface area contributed by atoms with Crippen LogP contribution in [0, 0.1) is 0 Å². The van der Waals surface area contributed by atoms with Crippen molar-refractivity contribution in [3.05, 3.63) is 35.9 Å². The summed E-state index contributed by atoms with van der Waals surface area (Å²) in [5.74, 6) is -0.591. The highest BCUT2D eigenvalue weighted by Crippen LogP contribution is 2.41. The van der Waals surface area contributed by atoms with Crippen molar-refractivity contribution in [3.8, 4) is 0 Å². The van der Waals surface area contributed by atoms with Gasteiger partial charge in [-0.25, -0.2) is 4.79 Å². The van der Waals surface area contributed by atoms with Crippen molar-refractivity contribution in [1.82, 2.24) is 4.90 Å². The summed E-state index contributed by atoms with van der Waals surface area (Å²) in [6, 6.07) is 9.82. The second-order valence-electron chi connectivity index (χ2n) is 9.24. The summed E-state index contributed by atoms with van der Waals surface area (Å²) in [4.78, 5) is 26.3. The highest BCUT2D eigenvalue weighted by molar-refractivity contribution is 5.73. The maximum atomic E-state index is 13.0. The number of hydrogen-bond acceptors (Lipinski definition) is 5. The number of amides is 1. The lowest BCUT2D eigenvalue weighted by molar-refractivity contribution is -0.148. The molecule has 2 fully saturated rings. The molecule has 1 amide bonds. The Kier molecular flexibility index (Phi) is 6.52. The Labute approximate surface area is 173 Å². The molecule has 6 nitrogen and oxygen atoms in total. The lowest BCUT2D eigenvalue weighted by atomic mass is 9.72. The fourth-order valence-corrected chi connectivity index (χ4v) is 4.34. The van der Waals surface area contributed by atoms with Gasteiger partial charge in [0.1, 0.15) is 5.60 Å². The zero-order valence-electron chi connectivity index (χ0n) is 17.7. The van der Waals surface area contributed by atoms with Crippen molar-refractivity contribution >= 4 is 12.1 Å². The quantitative estimate of drug-likeness (QED) is 0.739. The number of rotatable bonds is 5. The van der Waals surface area contributed by atoms with Crippen molar-refractivity contribution in [2.24, 2.45) is 0 Å². The molecule has 1 aromatic carbocycles. The Bertz CT molecular complexity index is 706. The topological polar surface area (TPSA) is 76.1 Å². The van der Waals surface area contributed by atoms with E-state index in [0.717, 1.165) is 24.8 Å². The molecule has 2 atom stereocenters. The zero-order valence-corrected chi connectivity index (χ0v) is 17.7. The van der Waals surface area contributed by atoms with E-state index in [1.54, 1.807) is 0 Å². The lowest BCUT2D eigenvalue weighted by Crippen LogP contribution is -2.50. The van der Waals surface area contributed by atoms with Crippen molar-refractivity contribution in [2.75, 3.05) is 6.54 Å². The van der Waals surface area contributed by atoms with Crippen LogP contribution in [0.3, 0.4) is 0 Å². The Morgan fingerprint density at radius 1 is 1.24 bits per heavy atom. The van der Waals surface area contributed by atoms with Crippen LogP contribution in [-0.2, 0) is 14.3 Å². The van der Waals surface area contributed by atoms with Crippen molar-refractivity contribution in [1.29, 1.82) is 0 Å². The van der Waals surface area contributed by atoms with Gasteiger partial charge in [-0.2, -0.15) is 0 Å². The Hall–Kier alpha value is -2.08. The molecule has 1 aliphatic carbocycles. The number of hydrogen-bond donors (Lipinski definition) is 1. The van der Waals surface area contributed by atoms with Gasteiger partial charge in [-0.05, 0) is 39.2 Å². The molecule has 6 heteroatoms. The number of benzene rings is 1. The number of ether oxygens (including phenoxy) is 2. The first-order valence-corrected chi connectivity index (χ1v) is 10.6. The number of aliphatic hydroxyl groups is 1. The van der Waals surface area contributed by atoms with E-state index in [1.165, 1.54) is 4.90 Å². The molecule has 1 saturated heterocycles. The molecule has 0 radical (unpaired) electrons. The van der Waals surface area contributed by atoms with Gasteiger partial charge in [0.2, 0.25) is 0 Å². The monoisotopic (exact) mass is 403 g/mol. The van der Waals surface area contributed by atoms with Gasteiger partial charge < -0.3 is 14.6 Å². The van der Waals surface area contributed by atoms with E-state index < -0.39 is 23.5 Å². The number of carbonyl (C=O) groups is 2. The van der Waals surface area contributed by atoms with Gasteiger partial charge in [-0.3, -0.25) is 9.69 Å². The van der Waals surface area contributed by atoms with Crippen LogP contribution in [0.25, 0.3) is 0 Å². The highest BCUT2D eigenvalue weighted by atomic mass is 16.6. The van der Waals surface area contributed by atoms with Crippen LogP contribution in [-0.4, -0.2) is 46.0 Å². The molecule has 29 heavy (non-hydrogen) atoms. The standard InChI is InChI=1S/C23H33NO5/c1-22(2,3)29-21(26)24(19-12-13-20(25)28-19)16-18(17-10-6-4-7-11-17)23(27)14-8-5-9-15-23/h4,6-7,10-11,18-19,27H,5,8-9,12-16H2,1-3H3/t18-,19+/m1/s1. The fourth-order valence-electron chi connectivity index (χ4n) is 4.34. The maximum Gasteiger partial charge on any atom is 0.413 e. The summed E-state index contributed by atoms with van der Waals surface area (Å²) in [5, 5.41) is 11.6. The largest absolute Gasteiger partial charge is 0.444 e. The minimum absolute atomic E-state index is 0.243. The molecule has 1 heterocycles. The van der Waals surface area contributed by atoms with E-state index in [2.05, 4.69) is 0 Å². The summed E-state index contributed by atoms with van der Waals surface area (Å²) in [6.45, 7) is 5.68. The van der Waals surface area contributed by atoms with E-state index in [9.17, 15) is 14.7 Å². The maximum absolute atomic E-state index is 13.0. The van der Waals surface area contributed by atoms with Crippen LogP contribution >= 0.6 is 0 Å². The third kappa shape index (κ3) is 5.50. The molecule has 0 bridgehead atoms. The molecule has 0 aromatic heterocycles. The number of nitrogens with zero attached hydrogens (tertiary/aromatic N) is 1. The first-order valence-electron chi connectivity index (χ1n) is 10.6. The summed E-state index contributed by atoms with van der Waals surface area (Å²) >= 11 is 0. The normalized spacial score (nSPS) is 22.6. The number of esters is 1. The van der Waals surface area contributed by atoms with E-state index in [-0.39, 0.29) is 24.9 Å². The number of cyclic esters (lactones) is 1. The third-order valence-electron chi connectivity index (χ3n) is 5.79. The minimum Gasteiger partial charge on any atom is -0.444 e. The Balaban J connectivity index is 1.91. The average molecular weight is 404 g/mol. The minimum atomic E-state index is -0.900.